The van der Waals surface area contributed by atoms with E-state index >= 15 is 0 Å². The topological polar surface area (TPSA) is 100 Å². The van der Waals surface area contributed by atoms with Gasteiger partial charge in [0.2, 0.25) is 0 Å². The van der Waals surface area contributed by atoms with E-state index in [1.165, 1.54) is 4.57 Å². The number of hydrogen-bond donors (Lipinski definition) is 1. The summed E-state index contributed by atoms with van der Waals surface area (Å²) in [5.74, 6) is 1.88. The summed E-state index contributed by atoms with van der Waals surface area (Å²) in [6.45, 7) is 2.30. The molecule has 2 aromatic carbocycles. The van der Waals surface area contributed by atoms with Gasteiger partial charge in [0.1, 0.15) is 19.0 Å². The maximum absolute atomic E-state index is 12.9. The van der Waals surface area contributed by atoms with Crippen molar-refractivity contribution < 1.29 is 14.2 Å². The van der Waals surface area contributed by atoms with Gasteiger partial charge < -0.3 is 18.8 Å². The first-order valence-corrected chi connectivity index (χ1v) is 10.8. The number of nitrogens with zero attached hydrogens (tertiary/aromatic N) is 3. The molecule has 0 spiro atoms. The van der Waals surface area contributed by atoms with Gasteiger partial charge in [-0.05, 0) is 30.2 Å². The van der Waals surface area contributed by atoms with Crippen LogP contribution in [-0.4, -0.2) is 46.0 Å². The number of aromatic amines is 1. The van der Waals surface area contributed by atoms with E-state index in [0.717, 1.165) is 11.1 Å². The van der Waals surface area contributed by atoms with Gasteiger partial charge in [-0.15, -0.1) is 0 Å². The molecule has 0 bridgehead atoms. The molecule has 9 heteroatoms. The zero-order valence-corrected chi connectivity index (χ0v) is 18.2. The Bertz CT molecular complexity index is 1400. The number of ether oxygens (including phenoxy) is 3. The summed E-state index contributed by atoms with van der Waals surface area (Å²) in [6.07, 6.45) is 0.677. The summed E-state index contributed by atoms with van der Waals surface area (Å²) in [6, 6.07) is 15.2. The Labute approximate surface area is 189 Å². The molecule has 0 amide bonds. The first-order valence-electron chi connectivity index (χ1n) is 10.8. The molecule has 0 atom stereocenters. The SMILES string of the molecule is COCCCn1c(-c2ccc3c(c2)OCCO3)nc2c1c(=O)[nH]c(=O)n2Cc1ccccc1. The van der Waals surface area contributed by atoms with Gasteiger partial charge in [0.25, 0.3) is 5.56 Å². The van der Waals surface area contributed by atoms with Crippen molar-refractivity contribution in [2.24, 2.45) is 0 Å². The summed E-state index contributed by atoms with van der Waals surface area (Å²) in [5.41, 5.74) is 1.44. The Morgan fingerprint density at radius 2 is 1.82 bits per heavy atom. The van der Waals surface area contributed by atoms with Crippen molar-refractivity contribution in [3.05, 3.63) is 74.9 Å². The van der Waals surface area contributed by atoms with Crippen LogP contribution in [0.3, 0.4) is 0 Å². The highest BCUT2D eigenvalue weighted by molar-refractivity contribution is 5.77. The summed E-state index contributed by atoms with van der Waals surface area (Å²) in [4.78, 5) is 33.0. The summed E-state index contributed by atoms with van der Waals surface area (Å²) >= 11 is 0. The van der Waals surface area contributed by atoms with Crippen molar-refractivity contribution in [3.63, 3.8) is 0 Å². The number of benzene rings is 2. The third-order valence-corrected chi connectivity index (χ3v) is 5.60. The molecule has 0 aliphatic carbocycles. The van der Waals surface area contributed by atoms with Crippen molar-refractivity contribution in [1.82, 2.24) is 19.1 Å². The second-order valence-corrected chi connectivity index (χ2v) is 7.80. The highest BCUT2D eigenvalue weighted by Gasteiger charge is 2.21. The average Bonchev–Trinajstić information content (AvgIpc) is 3.22. The fourth-order valence-corrected chi connectivity index (χ4v) is 4.07. The van der Waals surface area contributed by atoms with Gasteiger partial charge in [-0.2, -0.15) is 0 Å². The minimum absolute atomic E-state index is 0.294. The number of imidazole rings is 1. The number of H-pyrrole nitrogens is 1. The molecule has 0 unspecified atom stereocenters. The van der Waals surface area contributed by atoms with Crippen LogP contribution in [0, 0.1) is 0 Å². The molecule has 0 radical (unpaired) electrons. The van der Waals surface area contributed by atoms with Gasteiger partial charge in [-0.3, -0.25) is 14.3 Å². The zero-order chi connectivity index (χ0) is 22.8. The lowest BCUT2D eigenvalue weighted by Crippen LogP contribution is -2.31. The first-order chi connectivity index (χ1) is 16.2. The average molecular weight is 448 g/mol. The lowest BCUT2D eigenvalue weighted by atomic mass is 10.2. The predicted octanol–water partition coefficient (Wildman–Crippen LogP) is 2.41. The van der Waals surface area contributed by atoms with E-state index in [4.69, 9.17) is 19.2 Å². The van der Waals surface area contributed by atoms with Crippen molar-refractivity contribution >= 4 is 11.2 Å². The second kappa shape index (κ2) is 8.95. The highest BCUT2D eigenvalue weighted by atomic mass is 16.6. The molecule has 0 saturated carbocycles. The number of fused-ring (bicyclic) bond motifs is 2. The van der Waals surface area contributed by atoms with E-state index in [0.29, 0.717) is 67.8 Å². The molecule has 2 aromatic heterocycles. The highest BCUT2D eigenvalue weighted by Crippen LogP contribution is 2.35. The van der Waals surface area contributed by atoms with Gasteiger partial charge in [-0.25, -0.2) is 9.78 Å². The number of methoxy groups -OCH3 is 1. The molecule has 3 heterocycles. The minimum Gasteiger partial charge on any atom is -0.486 e. The smallest absolute Gasteiger partial charge is 0.330 e. The number of rotatable bonds is 7. The van der Waals surface area contributed by atoms with Crippen LogP contribution in [0.1, 0.15) is 12.0 Å². The summed E-state index contributed by atoms with van der Waals surface area (Å²) in [5, 5.41) is 0. The van der Waals surface area contributed by atoms with Crippen molar-refractivity contribution in [2.45, 2.75) is 19.5 Å². The lowest BCUT2D eigenvalue weighted by molar-refractivity contribution is 0.171. The van der Waals surface area contributed by atoms with Crippen LogP contribution >= 0.6 is 0 Å². The monoisotopic (exact) mass is 448 g/mol. The van der Waals surface area contributed by atoms with Crippen molar-refractivity contribution in [2.75, 3.05) is 26.9 Å². The molecular weight excluding hydrogens is 424 g/mol. The minimum atomic E-state index is -0.494. The molecular formula is C24H24N4O5. The van der Waals surface area contributed by atoms with E-state index in [1.807, 2.05) is 53.1 Å². The second-order valence-electron chi connectivity index (χ2n) is 7.80. The number of nitrogens with one attached hydrogen (secondary N) is 1. The maximum atomic E-state index is 12.9. The van der Waals surface area contributed by atoms with Crippen LogP contribution in [0.2, 0.25) is 0 Å². The van der Waals surface area contributed by atoms with Crippen molar-refractivity contribution in [3.8, 4) is 22.9 Å². The Morgan fingerprint density at radius 3 is 2.61 bits per heavy atom. The molecule has 170 valence electrons. The van der Waals surface area contributed by atoms with Crippen molar-refractivity contribution in [1.29, 1.82) is 0 Å². The number of aryl methyl sites for hydroxylation is 1. The van der Waals surface area contributed by atoms with E-state index in [2.05, 4.69) is 4.98 Å². The molecule has 1 aliphatic heterocycles. The summed E-state index contributed by atoms with van der Waals surface area (Å²) < 4.78 is 19.9. The standard InChI is InChI=1S/C24H24N4O5/c1-31-11-5-10-27-20-22(25-21(27)17-8-9-18-19(14-17)33-13-12-32-18)28(24(30)26-23(20)29)15-16-6-3-2-4-7-16/h2-4,6-9,14H,5,10-13,15H2,1H3,(H,26,29,30). The van der Waals surface area contributed by atoms with Gasteiger partial charge in [0, 0.05) is 25.8 Å². The van der Waals surface area contributed by atoms with Gasteiger partial charge in [-0.1, -0.05) is 30.3 Å². The largest absolute Gasteiger partial charge is 0.486 e. The van der Waals surface area contributed by atoms with Crippen LogP contribution in [0.5, 0.6) is 11.5 Å². The quantitative estimate of drug-likeness (QED) is 0.436. The molecule has 0 saturated heterocycles. The van der Waals surface area contributed by atoms with Crippen LogP contribution < -0.4 is 20.7 Å². The maximum Gasteiger partial charge on any atom is 0.330 e. The first kappa shape index (κ1) is 21.0. The van der Waals surface area contributed by atoms with Crippen LogP contribution in [0.4, 0.5) is 0 Å². The Kier molecular flexibility index (Phi) is 5.70. The Hall–Kier alpha value is -3.85. The van der Waals surface area contributed by atoms with Gasteiger partial charge in [0.05, 0.1) is 6.54 Å². The number of aromatic nitrogens is 4. The predicted molar refractivity (Wildman–Crippen MR) is 123 cm³/mol. The molecule has 33 heavy (non-hydrogen) atoms. The Balaban J connectivity index is 1.70. The fraction of sp³-hybridized carbons (Fsp3) is 0.292. The molecule has 0 fully saturated rings. The Morgan fingerprint density at radius 1 is 1.03 bits per heavy atom. The van der Waals surface area contributed by atoms with E-state index < -0.39 is 11.2 Å². The third kappa shape index (κ3) is 4.03. The molecule has 1 N–H and O–H groups in total. The zero-order valence-electron chi connectivity index (χ0n) is 18.2. The summed E-state index contributed by atoms with van der Waals surface area (Å²) in [7, 11) is 1.64. The fourth-order valence-electron chi connectivity index (χ4n) is 4.07. The molecule has 1 aliphatic rings. The van der Waals surface area contributed by atoms with Gasteiger partial charge in [0.15, 0.2) is 22.7 Å². The van der Waals surface area contributed by atoms with E-state index in [1.54, 1.807) is 7.11 Å². The molecule has 4 aromatic rings. The van der Waals surface area contributed by atoms with Crippen LogP contribution in [-0.2, 0) is 17.8 Å². The van der Waals surface area contributed by atoms with Crippen LogP contribution in [0.15, 0.2) is 58.1 Å². The van der Waals surface area contributed by atoms with E-state index in [9.17, 15) is 9.59 Å². The number of hydrogen-bond acceptors (Lipinski definition) is 6. The third-order valence-electron chi connectivity index (χ3n) is 5.60. The normalized spacial score (nSPS) is 12.9. The molecule has 5 rings (SSSR count). The van der Waals surface area contributed by atoms with Gasteiger partial charge >= 0.3 is 5.69 Å². The van der Waals surface area contributed by atoms with Crippen LogP contribution in [0.25, 0.3) is 22.6 Å². The molecule has 9 nitrogen and oxygen atoms in total. The lowest BCUT2D eigenvalue weighted by Gasteiger charge is -2.19. The van der Waals surface area contributed by atoms with E-state index in [-0.39, 0.29) is 0 Å².